The minimum atomic E-state index is -0.337. The molecule has 1 amide bonds. The molecule has 0 aliphatic carbocycles. The maximum absolute atomic E-state index is 12.2. The molecule has 0 saturated heterocycles. The number of halogens is 1. The maximum Gasteiger partial charge on any atom is 0.255 e. The second kappa shape index (κ2) is 8.31. The van der Waals surface area contributed by atoms with E-state index in [0.717, 1.165) is 5.56 Å². The molecule has 7 heteroatoms. The van der Waals surface area contributed by atoms with Crippen LogP contribution in [-0.2, 0) is 24.3 Å². The van der Waals surface area contributed by atoms with Crippen LogP contribution in [0.1, 0.15) is 11.1 Å². The predicted octanol–water partition coefficient (Wildman–Crippen LogP) is 2.00. The minimum Gasteiger partial charge on any atom is -0.497 e. The topological polar surface area (TPSA) is 84.1 Å². The Hall–Kier alpha value is -2.59. The van der Waals surface area contributed by atoms with Gasteiger partial charge in [-0.25, -0.2) is 0 Å². The molecule has 6 nitrogen and oxygen atoms in total. The summed E-state index contributed by atoms with van der Waals surface area (Å²) in [6.45, 7) is 0.227. The summed E-state index contributed by atoms with van der Waals surface area (Å²) in [5.41, 5.74) is 0.915. The van der Waals surface area contributed by atoms with Crippen molar-refractivity contribution in [2.75, 3.05) is 7.11 Å². The van der Waals surface area contributed by atoms with Crippen LogP contribution in [0.25, 0.3) is 0 Å². The van der Waals surface area contributed by atoms with E-state index in [1.165, 1.54) is 10.8 Å². The molecule has 1 aromatic carbocycles. The van der Waals surface area contributed by atoms with Gasteiger partial charge >= 0.3 is 0 Å². The lowest BCUT2D eigenvalue weighted by Crippen LogP contribution is -2.33. The van der Waals surface area contributed by atoms with Gasteiger partial charge in [-0.3, -0.25) is 9.59 Å². The number of carbonyl (C=O) groups is 1. The zero-order valence-corrected chi connectivity index (χ0v) is 14.7. The first kappa shape index (κ1) is 17.8. The highest BCUT2D eigenvalue weighted by atomic mass is 79.9. The second-order valence-electron chi connectivity index (χ2n) is 5.08. The van der Waals surface area contributed by atoms with Gasteiger partial charge in [-0.1, -0.05) is 12.1 Å². The van der Waals surface area contributed by atoms with E-state index in [2.05, 4.69) is 21.2 Å². The molecule has 0 unspecified atom stereocenters. The van der Waals surface area contributed by atoms with Crippen LogP contribution in [0.3, 0.4) is 0 Å². The number of nitrogens with one attached hydrogen (secondary N) is 1. The number of pyridine rings is 1. The van der Waals surface area contributed by atoms with E-state index in [1.807, 2.05) is 30.3 Å². The Kier molecular flexibility index (Phi) is 6.15. The van der Waals surface area contributed by atoms with Gasteiger partial charge in [-0.15, -0.1) is 0 Å². The lowest BCUT2D eigenvalue weighted by Gasteiger charge is -2.10. The van der Waals surface area contributed by atoms with E-state index in [4.69, 9.17) is 10.00 Å². The summed E-state index contributed by atoms with van der Waals surface area (Å²) in [5, 5.41) is 11.5. The van der Waals surface area contributed by atoms with Crippen LogP contribution >= 0.6 is 15.9 Å². The Morgan fingerprint density at radius 2 is 2.21 bits per heavy atom. The summed E-state index contributed by atoms with van der Waals surface area (Å²) < 4.78 is 7.07. The molecule has 0 atom stereocenters. The Bertz CT molecular complexity index is 840. The molecule has 0 fully saturated rings. The van der Waals surface area contributed by atoms with Crippen LogP contribution < -0.4 is 15.6 Å². The van der Waals surface area contributed by atoms with Crippen molar-refractivity contribution in [1.29, 1.82) is 5.26 Å². The molecule has 0 spiro atoms. The summed E-state index contributed by atoms with van der Waals surface area (Å²) in [6, 6.07) is 10.9. The zero-order chi connectivity index (χ0) is 17.5. The van der Waals surface area contributed by atoms with Crippen LogP contribution in [0.2, 0.25) is 0 Å². The van der Waals surface area contributed by atoms with Crippen LogP contribution in [0.15, 0.2) is 45.8 Å². The van der Waals surface area contributed by atoms with Crippen molar-refractivity contribution in [3.63, 3.8) is 0 Å². The fourth-order valence-corrected chi connectivity index (χ4v) is 2.70. The first-order valence-corrected chi connectivity index (χ1v) is 7.98. The minimum absolute atomic E-state index is 0.00367. The fourth-order valence-electron chi connectivity index (χ4n) is 2.18. The Morgan fingerprint density at radius 3 is 2.92 bits per heavy atom. The molecule has 0 radical (unpaired) electrons. The highest BCUT2D eigenvalue weighted by Crippen LogP contribution is 2.12. The van der Waals surface area contributed by atoms with Gasteiger partial charge in [-0.05, 0) is 39.7 Å². The lowest BCUT2D eigenvalue weighted by atomic mass is 10.2. The quantitative estimate of drug-likeness (QED) is 0.818. The largest absolute Gasteiger partial charge is 0.497 e. The summed E-state index contributed by atoms with van der Waals surface area (Å²) in [7, 11) is 1.58. The number of nitriles is 1. The number of aromatic nitrogens is 1. The number of benzene rings is 1. The van der Waals surface area contributed by atoms with Crippen molar-refractivity contribution < 1.29 is 9.53 Å². The van der Waals surface area contributed by atoms with E-state index in [9.17, 15) is 9.59 Å². The monoisotopic (exact) mass is 389 g/mol. The molecule has 2 rings (SSSR count). The number of rotatable bonds is 6. The van der Waals surface area contributed by atoms with Crippen LogP contribution in [0.5, 0.6) is 5.75 Å². The second-order valence-corrected chi connectivity index (χ2v) is 6.00. The molecule has 0 bridgehead atoms. The number of methoxy groups -OCH3 is 1. The predicted molar refractivity (Wildman–Crippen MR) is 92.6 cm³/mol. The van der Waals surface area contributed by atoms with Crippen molar-refractivity contribution >= 4 is 21.8 Å². The van der Waals surface area contributed by atoms with E-state index < -0.39 is 0 Å². The Labute approximate surface area is 147 Å². The van der Waals surface area contributed by atoms with E-state index in [1.54, 1.807) is 13.2 Å². The summed E-state index contributed by atoms with van der Waals surface area (Å²) >= 11 is 3.28. The number of nitrogens with zero attached hydrogens (tertiary/aromatic N) is 2. The van der Waals surface area contributed by atoms with E-state index in [-0.39, 0.29) is 24.4 Å². The number of hydrogen-bond acceptors (Lipinski definition) is 4. The van der Waals surface area contributed by atoms with Crippen LogP contribution in [0.4, 0.5) is 0 Å². The maximum atomic E-state index is 12.2. The average molecular weight is 390 g/mol. The molecule has 1 aromatic heterocycles. The number of ether oxygens (including phenoxy) is 1. The highest BCUT2D eigenvalue weighted by molar-refractivity contribution is 9.10. The third kappa shape index (κ3) is 4.70. The Balaban J connectivity index is 2.04. The zero-order valence-electron chi connectivity index (χ0n) is 13.1. The van der Waals surface area contributed by atoms with E-state index in [0.29, 0.717) is 22.3 Å². The Morgan fingerprint density at radius 1 is 1.42 bits per heavy atom. The molecule has 0 saturated carbocycles. The lowest BCUT2D eigenvalue weighted by molar-refractivity contribution is -0.121. The van der Waals surface area contributed by atoms with Gasteiger partial charge in [0.15, 0.2) is 0 Å². The van der Waals surface area contributed by atoms with Crippen LogP contribution in [0, 0.1) is 11.3 Å². The van der Waals surface area contributed by atoms with Gasteiger partial charge in [0.1, 0.15) is 12.3 Å². The van der Waals surface area contributed by atoms with Gasteiger partial charge in [0.2, 0.25) is 5.91 Å². The summed E-state index contributed by atoms with van der Waals surface area (Å²) in [5.74, 6) is 0.423. The third-order valence-electron chi connectivity index (χ3n) is 3.33. The van der Waals surface area contributed by atoms with Crippen molar-refractivity contribution in [1.82, 2.24) is 9.88 Å². The number of carbonyl (C=O) groups excluding carboxylic acids is 1. The molecule has 124 valence electrons. The molecular weight excluding hydrogens is 374 g/mol. The molecular formula is C17H16BrN3O3. The van der Waals surface area contributed by atoms with Crippen molar-refractivity contribution in [3.05, 3.63) is 62.5 Å². The molecule has 0 aliphatic rings. The van der Waals surface area contributed by atoms with Crippen molar-refractivity contribution in [2.45, 2.75) is 19.5 Å². The fraction of sp³-hybridized carbons (Fsp3) is 0.235. The molecule has 2 aromatic rings. The smallest absolute Gasteiger partial charge is 0.255 e. The molecule has 1 N–H and O–H groups in total. The van der Waals surface area contributed by atoms with E-state index >= 15 is 0 Å². The van der Waals surface area contributed by atoms with Gasteiger partial charge in [-0.2, -0.15) is 5.26 Å². The highest BCUT2D eigenvalue weighted by Gasteiger charge is 2.09. The summed E-state index contributed by atoms with van der Waals surface area (Å²) in [6.07, 6.45) is 1.54. The van der Waals surface area contributed by atoms with Crippen molar-refractivity contribution in [2.24, 2.45) is 0 Å². The van der Waals surface area contributed by atoms with Gasteiger partial charge in [0, 0.05) is 22.8 Å². The molecule has 24 heavy (non-hydrogen) atoms. The average Bonchev–Trinajstić information content (AvgIpc) is 2.57. The van der Waals surface area contributed by atoms with Crippen molar-refractivity contribution in [3.8, 4) is 11.8 Å². The van der Waals surface area contributed by atoms with Gasteiger partial charge in [0.05, 0.1) is 19.6 Å². The first-order valence-electron chi connectivity index (χ1n) is 7.19. The first-order chi connectivity index (χ1) is 11.5. The summed E-state index contributed by atoms with van der Waals surface area (Å²) in [4.78, 5) is 24.3. The SMILES string of the molecule is COc1cccc(CNC(=O)Cn2cc(Br)cc(CC#N)c2=O)c1. The van der Waals surface area contributed by atoms with Crippen LogP contribution in [-0.4, -0.2) is 17.6 Å². The third-order valence-corrected chi connectivity index (χ3v) is 3.77. The van der Waals surface area contributed by atoms with Gasteiger partial charge in [0.25, 0.3) is 5.56 Å². The standard InChI is InChI=1S/C17H16BrN3O3/c1-24-15-4-2-3-12(7-15)9-20-16(22)11-21-10-14(18)8-13(5-6-19)17(21)23/h2-4,7-8,10H,5,9,11H2,1H3,(H,20,22). The molecule has 0 aliphatic heterocycles. The number of amides is 1. The van der Waals surface area contributed by atoms with Gasteiger partial charge < -0.3 is 14.6 Å². The molecule has 1 heterocycles. The number of hydrogen-bond donors (Lipinski definition) is 1. The normalized spacial score (nSPS) is 10.0.